The van der Waals surface area contributed by atoms with Gasteiger partial charge in [-0.3, -0.25) is 4.90 Å². The van der Waals surface area contributed by atoms with Gasteiger partial charge in [0.25, 0.3) is 0 Å². The molecule has 1 saturated heterocycles. The minimum atomic E-state index is 0.486. The molecule has 0 radical (unpaired) electrons. The number of likely N-dealkylation sites (tertiary alicyclic amines) is 1. The van der Waals surface area contributed by atoms with Crippen molar-refractivity contribution in [1.82, 2.24) is 9.88 Å². The second kappa shape index (κ2) is 6.47. The third-order valence-corrected chi connectivity index (χ3v) is 5.40. The van der Waals surface area contributed by atoms with E-state index >= 15 is 0 Å². The number of rotatable bonds is 4. The molecular formula is C17H21ClN2S. The van der Waals surface area contributed by atoms with Crippen LogP contribution in [-0.4, -0.2) is 22.5 Å². The lowest BCUT2D eigenvalue weighted by atomic mass is 10.1. The summed E-state index contributed by atoms with van der Waals surface area (Å²) in [4.78, 5) is 7.11. The first-order chi connectivity index (χ1) is 10.2. The maximum atomic E-state index is 5.81. The number of hydrogen-bond acceptors (Lipinski definition) is 3. The number of nitrogens with zero attached hydrogens (tertiary/aromatic N) is 2. The van der Waals surface area contributed by atoms with E-state index in [1.54, 1.807) is 11.3 Å². The van der Waals surface area contributed by atoms with Gasteiger partial charge in [-0.1, -0.05) is 31.2 Å². The number of alkyl halides is 1. The molecule has 0 amide bonds. The fourth-order valence-corrected chi connectivity index (χ4v) is 4.15. The Morgan fingerprint density at radius 2 is 2.05 bits per heavy atom. The molecule has 1 aromatic heterocycles. The molecule has 3 rings (SSSR count). The van der Waals surface area contributed by atoms with Crippen LogP contribution in [0.3, 0.4) is 0 Å². The Bertz CT molecular complexity index is 593. The second-order valence-electron chi connectivity index (χ2n) is 6.09. The second-order valence-corrected chi connectivity index (χ2v) is 7.22. The fourth-order valence-electron chi connectivity index (χ4n) is 3.09. The predicted octanol–water partition coefficient (Wildman–Crippen LogP) is 4.78. The molecule has 1 aromatic carbocycles. The first kappa shape index (κ1) is 15.0. The maximum absolute atomic E-state index is 5.81. The van der Waals surface area contributed by atoms with Crippen molar-refractivity contribution in [2.24, 2.45) is 5.92 Å². The summed E-state index contributed by atoms with van der Waals surface area (Å²) in [7, 11) is 0. The zero-order valence-electron chi connectivity index (χ0n) is 12.6. The van der Waals surface area contributed by atoms with Crippen LogP contribution in [0.25, 0.3) is 10.6 Å². The van der Waals surface area contributed by atoms with Crippen LogP contribution in [0.5, 0.6) is 0 Å². The average Bonchev–Trinajstić information content (AvgIpc) is 3.07. The number of hydrogen-bond donors (Lipinski definition) is 0. The largest absolute Gasteiger partial charge is 0.296 e. The Kier molecular flexibility index (Phi) is 4.63. The van der Waals surface area contributed by atoms with Crippen molar-refractivity contribution >= 4 is 22.9 Å². The maximum Gasteiger partial charge on any atom is 0.123 e. The van der Waals surface area contributed by atoms with Gasteiger partial charge >= 0.3 is 0 Å². The SMILES string of the molecule is CC1CC(C)N(Cc2ccc(-c3nc(CCl)cs3)cc2)C1. The molecule has 2 aromatic rings. The van der Waals surface area contributed by atoms with Crippen molar-refractivity contribution < 1.29 is 0 Å². The Balaban J connectivity index is 1.69. The van der Waals surface area contributed by atoms with Crippen LogP contribution in [-0.2, 0) is 12.4 Å². The summed E-state index contributed by atoms with van der Waals surface area (Å²) in [6.07, 6.45) is 1.32. The van der Waals surface area contributed by atoms with Gasteiger partial charge in [-0.15, -0.1) is 22.9 Å². The highest BCUT2D eigenvalue weighted by molar-refractivity contribution is 7.13. The minimum absolute atomic E-state index is 0.486. The van der Waals surface area contributed by atoms with Crippen molar-refractivity contribution in [1.29, 1.82) is 0 Å². The summed E-state index contributed by atoms with van der Waals surface area (Å²) in [6, 6.07) is 9.51. The first-order valence-corrected chi connectivity index (χ1v) is 8.91. The van der Waals surface area contributed by atoms with E-state index in [0.717, 1.165) is 23.2 Å². The topological polar surface area (TPSA) is 16.1 Å². The standard InChI is InChI=1S/C17H21ClN2S/c1-12-7-13(2)20(9-12)10-14-3-5-15(6-4-14)17-19-16(8-18)11-21-17/h3-6,11-13H,7-10H2,1-2H3. The lowest BCUT2D eigenvalue weighted by Gasteiger charge is -2.21. The van der Waals surface area contributed by atoms with Crippen LogP contribution in [0.4, 0.5) is 0 Å². The van der Waals surface area contributed by atoms with E-state index in [4.69, 9.17) is 11.6 Å². The normalized spacial score (nSPS) is 22.8. The molecule has 4 heteroatoms. The zero-order valence-corrected chi connectivity index (χ0v) is 14.1. The molecule has 1 aliphatic heterocycles. The first-order valence-electron chi connectivity index (χ1n) is 7.49. The molecule has 1 fully saturated rings. The number of benzene rings is 1. The zero-order chi connectivity index (χ0) is 14.8. The van der Waals surface area contributed by atoms with Gasteiger partial charge in [-0.2, -0.15) is 0 Å². The third kappa shape index (κ3) is 3.47. The van der Waals surface area contributed by atoms with Gasteiger partial charge in [0.05, 0.1) is 11.6 Å². The van der Waals surface area contributed by atoms with Gasteiger partial charge in [0.2, 0.25) is 0 Å². The molecule has 0 saturated carbocycles. The van der Waals surface area contributed by atoms with Gasteiger partial charge in [-0.05, 0) is 24.8 Å². The lowest BCUT2D eigenvalue weighted by Crippen LogP contribution is -2.26. The van der Waals surface area contributed by atoms with Crippen LogP contribution >= 0.6 is 22.9 Å². The molecular weight excluding hydrogens is 300 g/mol. The van der Waals surface area contributed by atoms with E-state index in [1.165, 1.54) is 24.1 Å². The highest BCUT2D eigenvalue weighted by Gasteiger charge is 2.25. The number of halogens is 1. The molecule has 0 spiro atoms. The highest BCUT2D eigenvalue weighted by Crippen LogP contribution is 2.27. The van der Waals surface area contributed by atoms with Crippen LogP contribution in [0, 0.1) is 5.92 Å². The summed E-state index contributed by atoms with van der Waals surface area (Å²) in [5, 5.41) is 3.09. The van der Waals surface area contributed by atoms with E-state index < -0.39 is 0 Å². The van der Waals surface area contributed by atoms with Gasteiger partial charge in [0.1, 0.15) is 5.01 Å². The Hall–Kier alpha value is -0.900. The van der Waals surface area contributed by atoms with Crippen LogP contribution in [0.2, 0.25) is 0 Å². The summed E-state index contributed by atoms with van der Waals surface area (Å²) >= 11 is 7.47. The molecule has 0 aliphatic carbocycles. The molecule has 0 bridgehead atoms. The van der Waals surface area contributed by atoms with E-state index in [9.17, 15) is 0 Å². The highest BCUT2D eigenvalue weighted by atomic mass is 35.5. The van der Waals surface area contributed by atoms with Gasteiger partial charge in [-0.25, -0.2) is 4.98 Å². The quantitative estimate of drug-likeness (QED) is 0.754. The molecule has 2 nitrogen and oxygen atoms in total. The van der Waals surface area contributed by atoms with Crippen LogP contribution in [0.15, 0.2) is 29.6 Å². The molecule has 2 unspecified atom stereocenters. The van der Waals surface area contributed by atoms with E-state index in [1.807, 2.05) is 5.38 Å². The van der Waals surface area contributed by atoms with Crippen molar-refractivity contribution in [2.45, 2.75) is 38.7 Å². The molecule has 21 heavy (non-hydrogen) atoms. The number of thiazole rings is 1. The monoisotopic (exact) mass is 320 g/mol. The smallest absolute Gasteiger partial charge is 0.123 e. The molecule has 1 aliphatic rings. The van der Waals surface area contributed by atoms with E-state index in [2.05, 4.69) is 48.0 Å². The Morgan fingerprint density at radius 3 is 2.62 bits per heavy atom. The van der Waals surface area contributed by atoms with Gasteiger partial charge in [0, 0.05) is 30.1 Å². The lowest BCUT2D eigenvalue weighted by molar-refractivity contribution is 0.256. The molecule has 0 N–H and O–H groups in total. The van der Waals surface area contributed by atoms with E-state index in [-0.39, 0.29) is 0 Å². The third-order valence-electron chi connectivity index (χ3n) is 4.19. The minimum Gasteiger partial charge on any atom is -0.296 e. The average molecular weight is 321 g/mol. The predicted molar refractivity (Wildman–Crippen MR) is 90.8 cm³/mol. The summed E-state index contributed by atoms with van der Waals surface area (Å²) in [5.41, 5.74) is 3.53. The van der Waals surface area contributed by atoms with Gasteiger partial charge in [0.15, 0.2) is 0 Å². The van der Waals surface area contributed by atoms with Crippen LogP contribution < -0.4 is 0 Å². The molecule has 112 valence electrons. The Morgan fingerprint density at radius 1 is 1.29 bits per heavy atom. The van der Waals surface area contributed by atoms with Crippen molar-refractivity contribution in [3.8, 4) is 10.6 Å². The van der Waals surface area contributed by atoms with E-state index in [0.29, 0.717) is 11.9 Å². The summed E-state index contributed by atoms with van der Waals surface area (Å²) < 4.78 is 0. The molecule has 2 atom stereocenters. The van der Waals surface area contributed by atoms with Crippen molar-refractivity contribution in [3.63, 3.8) is 0 Å². The Labute approximate surface area is 135 Å². The van der Waals surface area contributed by atoms with Gasteiger partial charge < -0.3 is 0 Å². The molecule has 2 heterocycles. The number of aromatic nitrogens is 1. The summed E-state index contributed by atoms with van der Waals surface area (Å²) in [6.45, 7) is 6.95. The summed E-state index contributed by atoms with van der Waals surface area (Å²) in [5.74, 6) is 1.31. The van der Waals surface area contributed by atoms with Crippen molar-refractivity contribution in [2.75, 3.05) is 6.54 Å². The fraction of sp³-hybridized carbons (Fsp3) is 0.471. The van der Waals surface area contributed by atoms with Crippen molar-refractivity contribution in [3.05, 3.63) is 40.9 Å². The van der Waals surface area contributed by atoms with Crippen LogP contribution in [0.1, 0.15) is 31.5 Å².